The van der Waals surface area contributed by atoms with Crippen LogP contribution in [0.4, 0.5) is 4.79 Å². The van der Waals surface area contributed by atoms with E-state index in [0.717, 1.165) is 16.9 Å². The van der Waals surface area contributed by atoms with Crippen molar-refractivity contribution in [3.63, 3.8) is 0 Å². The van der Waals surface area contributed by atoms with Gasteiger partial charge in [0.15, 0.2) is 11.5 Å². The highest BCUT2D eigenvalue weighted by molar-refractivity contribution is 6.31. The molecule has 1 aliphatic heterocycles. The van der Waals surface area contributed by atoms with Crippen molar-refractivity contribution in [1.82, 2.24) is 10.6 Å². The van der Waals surface area contributed by atoms with E-state index in [4.69, 9.17) is 21.1 Å². The SMILES string of the molecule is C[C@@H](NC(=O)NCc1ccc2c(c1)OCO2)c1ccccc1Cl. The third-order valence-electron chi connectivity index (χ3n) is 3.61. The van der Waals surface area contributed by atoms with Crippen LogP contribution in [0.25, 0.3) is 0 Å². The lowest BCUT2D eigenvalue weighted by atomic mass is 10.1. The number of amides is 2. The number of carbonyl (C=O) groups is 1. The molecule has 2 aromatic rings. The molecule has 2 aromatic carbocycles. The van der Waals surface area contributed by atoms with E-state index in [0.29, 0.717) is 17.3 Å². The Bertz CT molecular complexity index is 721. The molecule has 1 atom stereocenters. The molecule has 0 fully saturated rings. The van der Waals surface area contributed by atoms with Crippen molar-refractivity contribution in [3.8, 4) is 11.5 Å². The van der Waals surface area contributed by atoms with Crippen molar-refractivity contribution in [3.05, 3.63) is 58.6 Å². The Morgan fingerprint density at radius 1 is 1.22 bits per heavy atom. The van der Waals surface area contributed by atoms with Gasteiger partial charge in [-0.2, -0.15) is 0 Å². The first-order valence-electron chi connectivity index (χ1n) is 7.31. The van der Waals surface area contributed by atoms with Crippen LogP contribution in [0.5, 0.6) is 11.5 Å². The number of ether oxygens (including phenoxy) is 2. The average Bonchev–Trinajstić information content (AvgIpc) is 3.01. The second-order valence-corrected chi connectivity index (χ2v) is 5.67. The maximum absolute atomic E-state index is 12.0. The molecule has 0 aliphatic carbocycles. The summed E-state index contributed by atoms with van der Waals surface area (Å²) in [6.07, 6.45) is 0. The smallest absolute Gasteiger partial charge is 0.315 e. The maximum Gasteiger partial charge on any atom is 0.315 e. The second-order valence-electron chi connectivity index (χ2n) is 5.26. The van der Waals surface area contributed by atoms with Crippen LogP contribution in [0.15, 0.2) is 42.5 Å². The summed E-state index contributed by atoms with van der Waals surface area (Å²) in [6, 6.07) is 12.6. The Hall–Kier alpha value is -2.40. The van der Waals surface area contributed by atoms with Crippen LogP contribution in [0.1, 0.15) is 24.1 Å². The average molecular weight is 333 g/mol. The largest absolute Gasteiger partial charge is 0.454 e. The molecule has 23 heavy (non-hydrogen) atoms. The standard InChI is InChI=1S/C17H17ClN2O3/c1-11(13-4-2-3-5-14(13)18)20-17(21)19-9-12-6-7-15-16(8-12)23-10-22-15/h2-8,11H,9-10H2,1H3,(H2,19,20,21)/t11-/m1/s1. The topological polar surface area (TPSA) is 59.6 Å². The molecule has 2 N–H and O–H groups in total. The predicted molar refractivity (Wildman–Crippen MR) is 87.8 cm³/mol. The summed E-state index contributed by atoms with van der Waals surface area (Å²) in [7, 11) is 0. The van der Waals surface area contributed by atoms with E-state index < -0.39 is 0 Å². The van der Waals surface area contributed by atoms with Gasteiger partial charge in [0.25, 0.3) is 0 Å². The molecular weight excluding hydrogens is 316 g/mol. The molecule has 0 unspecified atom stereocenters. The van der Waals surface area contributed by atoms with Gasteiger partial charge in [0.1, 0.15) is 0 Å². The van der Waals surface area contributed by atoms with Crippen molar-refractivity contribution in [2.75, 3.05) is 6.79 Å². The number of benzene rings is 2. The van der Waals surface area contributed by atoms with Crippen LogP contribution >= 0.6 is 11.6 Å². The lowest BCUT2D eigenvalue weighted by molar-refractivity contribution is 0.174. The summed E-state index contributed by atoms with van der Waals surface area (Å²) in [4.78, 5) is 12.0. The lowest BCUT2D eigenvalue weighted by Gasteiger charge is -2.16. The zero-order valence-corrected chi connectivity index (χ0v) is 13.4. The Labute approximate surface area is 139 Å². The Morgan fingerprint density at radius 3 is 2.83 bits per heavy atom. The maximum atomic E-state index is 12.0. The van der Waals surface area contributed by atoms with E-state index in [2.05, 4.69) is 10.6 Å². The Morgan fingerprint density at radius 2 is 2.00 bits per heavy atom. The monoisotopic (exact) mass is 332 g/mol. The van der Waals surface area contributed by atoms with E-state index in [1.807, 2.05) is 43.3 Å². The van der Waals surface area contributed by atoms with Gasteiger partial charge in [0, 0.05) is 11.6 Å². The lowest BCUT2D eigenvalue weighted by Crippen LogP contribution is -2.36. The molecule has 3 rings (SSSR count). The summed E-state index contributed by atoms with van der Waals surface area (Å²) in [5.41, 5.74) is 1.82. The number of urea groups is 1. The Kier molecular flexibility index (Phi) is 4.57. The van der Waals surface area contributed by atoms with Gasteiger partial charge in [-0.1, -0.05) is 35.9 Å². The minimum absolute atomic E-state index is 0.180. The van der Waals surface area contributed by atoms with Gasteiger partial charge in [-0.05, 0) is 36.2 Å². The van der Waals surface area contributed by atoms with E-state index in [1.54, 1.807) is 6.07 Å². The molecule has 0 bridgehead atoms. The van der Waals surface area contributed by atoms with Gasteiger partial charge in [-0.25, -0.2) is 4.79 Å². The summed E-state index contributed by atoms with van der Waals surface area (Å²) in [6.45, 7) is 2.53. The molecule has 5 nitrogen and oxygen atoms in total. The van der Waals surface area contributed by atoms with Crippen molar-refractivity contribution in [2.45, 2.75) is 19.5 Å². The first-order chi connectivity index (χ1) is 11.1. The summed E-state index contributed by atoms with van der Waals surface area (Å²) >= 11 is 6.13. The fourth-order valence-electron chi connectivity index (χ4n) is 2.38. The van der Waals surface area contributed by atoms with Gasteiger partial charge in [-0.15, -0.1) is 0 Å². The number of fused-ring (bicyclic) bond motifs is 1. The molecule has 0 spiro atoms. The van der Waals surface area contributed by atoms with Crippen LogP contribution in [0, 0.1) is 0 Å². The Balaban J connectivity index is 1.54. The van der Waals surface area contributed by atoms with Gasteiger partial charge in [0.2, 0.25) is 6.79 Å². The number of halogens is 1. The van der Waals surface area contributed by atoms with Crippen LogP contribution < -0.4 is 20.1 Å². The highest BCUT2D eigenvalue weighted by Gasteiger charge is 2.14. The minimum atomic E-state index is -0.255. The van der Waals surface area contributed by atoms with Gasteiger partial charge >= 0.3 is 6.03 Å². The quantitative estimate of drug-likeness (QED) is 0.898. The van der Waals surface area contributed by atoms with Crippen LogP contribution in [-0.2, 0) is 6.54 Å². The van der Waals surface area contributed by atoms with Crippen molar-refractivity contribution in [2.24, 2.45) is 0 Å². The zero-order chi connectivity index (χ0) is 16.2. The van der Waals surface area contributed by atoms with Gasteiger partial charge in [0.05, 0.1) is 6.04 Å². The van der Waals surface area contributed by atoms with Gasteiger partial charge in [-0.3, -0.25) is 0 Å². The van der Waals surface area contributed by atoms with Crippen molar-refractivity contribution < 1.29 is 14.3 Å². The van der Waals surface area contributed by atoms with Crippen molar-refractivity contribution >= 4 is 17.6 Å². The van der Waals surface area contributed by atoms with Crippen LogP contribution in [0.2, 0.25) is 5.02 Å². The van der Waals surface area contributed by atoms with E-state index in [1.165, 1.54) is 0 Å². The molecule has 1 aliphatic rings. The fourth-order valence-corrected chi connectivity index (χ4v) is 2.68. The first kappa shape index (κ1) is 15.5. The molecule has 0 aromatic heterocycles. The molecule has 0 saturated heterocycles. The molecule has 2 amide bonds. The van der Waals surface area contributed by atoms with E-state index in [-0.39, 0.29) is 18.9 Å². The minimum Gasteiger partial charge on any atom is -0.454 e. The third-order valence-corrected chi connectivity index (χ3v) is 3.95. The molecular formula is C17H17ClN2O3. The highest BCUT2D eigenvalue weighted by atomic mass is 35.5. The number of hydrogen-bond acceptors (Lipinski definition) is 3. The highest BCUT2D eigenvalue weighted by Crippen LogP contribution is 2.32. The van der Waals surface area contributed by atoms with E-state index in [9.17, 15) is 4.79 Å². The molecule has 120 valence electrons. The third kappa shape index (κ3) is 3.68. The molecule has 0 saturated carbocycles. The molecule has 6 heteroatoms. The zero-order valence-electron chi connectivity index (χ0n) is 12.6. The summed E-state index contributed by atoms with van der Waals surface area (Å²) in [5, 5.41) is 6.33. The van der Waals surface area contributed by atoms with Gasteiger partial charge < -0.3 is 20.1 Å². The van der Waals surface area contributed by atoms with E-state index >= 15 is 0 Å². The number of rotatable bonds is 4. The number of hydrogen-bond donors (Lipinski definition) is 2. The molecule has 0 radical (unpaired) electrons. The first-order valence-corrected chi connectivity index (χ1v) is 7.68. The van der Waals surface area contributed by atoms with Crippen LogP contribution in [0.3, 0.4) is 0 Å². The van der Waals surface area contributed by atoms with Crippen molar-refractivity contribution in [1.29, 1.82) is 0 Å². The summed E-state index contributed by atoms with van der Waals surface area (Å²) in [5.74, 6) is 1.43. The predicted octanol–water partition coefficient (Wildman–Crippen LogP) is 3.63. The second kappa shape index (κ2) is 6.79. The van der Waals surface area contributed by atoms with Crippen LogP contribution in [-0.4, -0.2) is 12.8 Å². The fraction of sp³-hybridized carbons (Fsp3) is 0.235. The number of carbonyl (C=O) groups excluding carboxylic acids is 1. The summed E-state index contributed by atoms with van der Waals surface area (Å²) < 4.78 is 10.6. The number of nitrogens with one attached hydrogen (secondary N) is 2. The normalized spacial score (nSPS) is 13.5. The molecule has 1 heterocycles.